The molecule has 0 fully saturated rings. The van der Waals surface area contributed by atoms with Crippen molar-refractivity contribution in [3.63, 3.8) is 0 Å². The zero-order valence-corrected chi connectivity index (χ0v) is 14.9. The summed E-state index contributed by atoms with van der Waals surface area (Å²) in [6.07, 6.45) is 3.82. The Balaban J connectivity index is 1.92. The molecule has 27 heavy (non-hydrogen) atoms. The fourth-order valence-electron chi connectivity index (χ4n) is 2.98. The van der Waals surface area contributed by atoms with Gasteiger partial charge in [0.1, 0.15) is 11.6 Å². The molecule has 4 rings (SSSR count). The van der Waals surface area contributed by atoms with Gasteiger partial charge in [-0.05, 0) is 48.0 Å². The van der Waals surface area contributed by atoms with Gasteiger partial charge in [-0.2, -0.15) is 0 Å². The molecular formula is C23H18N2O2. The number of benzene rings is 3. The van der Waals surface area contributed by atoms with E-state index in [4.69, 9.17) is 9.72 Å². The van der Waals surface area contributed by atoms with Gasteiger partial charge in [0.2, 0.25) is 0 Å². The average molecular weight is 354 g/mol. The lowest BCUT2D eigenvalue weighted by Crippen LogP contribution is -2.22. The van der Waals surface area contributed by atoms with Crippen molar-refractivity contribution in [1.82, 2.24) is 9.55 Å². The molecule has 0 aliphatic carbocycles. The highest BCUT2D eigenvalue weighted by Gasteiger charge is 2.11. The summed E-state index contributed by atoms with van der Waals surface area (Å²) in [7, 11) is 1.62. The number of hydrogen-bond acceptors (Lipinski definition) is 3. The summed E-state index contributed by atoms with van der Waals surface area (Å²) in [5.41, 5.74) is 2.37. The maximum atomic E-state index is 13.2. The Morgan fingerprint density at radius 3 is 2.30 bits per heavy atom. The summed E-state index contributed by atoms with van der Waals surface area (Å²) in [6.45, 7) is 0. The van der Waals surface area contributed by atoms with Gasteiger partial charge in [0.25, 0.3) is 5.56 Å². The molecule has 0 unspecified atom stereocenters. The maximum absolute atomic E-state index is 13.2. The van der Waals surface area contributed by atoms with Crippen LogP contribution in [0.5, 0.6) is 5.75 Å². The Kier molecular flexibility index (Phi) is 4.54. The summed E-state index contributed by atoms with van der Waals surface area (Å²) in [5.74, 6) is 1.31. The van der Waals surface area contributed by atoms with Crippen molar-refractivity contribution < 1.29 is 4.74 Å². The van der Waals surface area contributed by atoms with Gasteiger partial charge in [0.15, 0.2) is 0 Å². The highest BCUT2D eigenvalue weighted by Crippen LogP contribution is 2.18. The standard InChI is InChI=1S/C23H18N2O2/c1-27-19-14-12-18(13-15-19)25-22(16-11-17-7-3-2-4-8-17)24-21-10-6-5-9-20(21)23(25)26/h2-16H,1H3. The lowest BCUT2D eigenvalue weighted by molar-refractivity contribution is 0.414. The van der Waals surface area contributed by atoms with Gasteiger partial charge in [-0.15, -0.1) is 0 Å². The topological polar surface area (TPSA) is 44.1 Å². The summed E-state index contributed by atoms with van der Waals surface area (Å²) < 4.78 is 6.85. The lowest BCUT2D eigenvalue weighted by Gasteiger charge is -2.12. The highest BCUT2D eigenvalue weighted by molar-refractivity contribution is 5.80. The molecule has 1 heterocycles. The fraction of sp³-hybridized carbons (Fsp3) is 0.0435. The second-order valence-electron chi connectivity index (χ2n) is 6.07. The Bertz CT molecular complexity index is 1160. The van der Waals surface area contributed by atoms with E-state index in [1.807, 2.05) is 84.9 Å². The zero-order chi connectivity index (χ0) is 18.6. The van der Waals surface area contributed by atoms with Gasteiger partial charge in [0, 0.05) is 0 Å². The number of nitrogens with zero attached hydrogens (tertiary/aromatic N) is 2. The van der Waals surface area contributed by atoms with E-state index in [1.165, 1.54) is 0 Å². The van der Waals surface area contributed by atoms with Crippen LogP contribution in [0.25, 0.3) is 28.7 Å². The lowest BCUT2D eigenvalue weighted by atomic mass is 10.2. The maximum Gasteiger partial charge on any atom is 0.266 e. The molecule has 0 N–H and O–H groups in total. The largest absolute Gasteiger partial charge is 0.497 e. The van der Waals surface area contributed by atoms with Crippen LogP contribution in [-0.2, 0) is 0 Å². The minimum absolute atomic E-state index is 0.0986. The van der Waals surface area contributed by atoms with Crippen LogP contribution in [0.1, 0.15) is 11.4 Å². The molecule has 0 saturated heterocycles. The van der Waals surface area contributed by atoms with E-state index >= 15 is 0 Å². The van der Waals surface area contributed by atoms with Crippen LogP contribution in [0.15, 0.2) is 83.7 Å². The van der Waals surface area contributed by atoms with E-state index in [1.54, 1.807) is 17.7 Å². The normalized spacial score (nSPS) is 11.1. The van der Waals surface area contributed by atoms with Crippen molar-refractivity contribution >= 4 is 23.1 Å². The molecule has 0 atom stereocenters. The van der Waals surface area contributed by atoms with Gasteiger partial charge in [-0.3, -0.25) is 9.36 Å². The predicted octanol–water partition coefficient (Wildman–Crippen LogP) is 4.56. The predicted molar refractivity (Wildman–Crippen MR) is 109 cm³/mol. The third-order valence-electron chi connectivity index (χ3n) is 4.36. The zero-order valence-electron chi connectivity index (χ0n) is 14.9. The van der Waals surface area contributed by atoms with Gasteiger partial charge < -0.3 is 4.74 Å². The smallest absolute Gasteiger partial charge is 0.266 e. The molecule has 4 nitrogen and oxygen atoms in total. The monoisotopic (exact) mass is 354 g/mol. The Labute approximate surface area is 157 Å². The van der Waals surface area contributed by atoms with Crippen molar-refractivity contribution in [3.8, 4) is 11.4 Å². The minimum atomic E-state index is -0.0986. The Morgan fingerprint density at radius 1 is 0.852 bits per heavy atom. The molecule has 0 aliphatic heterocycles. The van der Waals surface area contributed by atoms with E-state index in [9.17, 15) is 4.79 Å². The van der Waals surface area contributed by atoms with Gasteiger partial charge in [0.05, 0.1) is 23.7 Å². The number of hydrogen-bond donors (Lipinski definition) is 0. The van der Waals surface area contributed by atoms with Gasteiger partial charge >= 0.3 is 0 Å². The van der Waals surface area contributed by atoms with E-state index < -0.39 is 0 Å². The molecule has 4 heteroatoms. The van der Waals surface area contributed by atoms with Crippen molar-refractivity contribution in [2.24, 2.45) is 0 Å². The highest BCUT2D eigenvalue weighted by atomic mass is 16.5. The Morgan fingerprint density at radius 2 is 1.56 bits per heavy atom. The fourth-order valence-corrected chi connectivity index (χ4v) is 2.98. The molecule has 4 aromatic rings. The van der Waals surface area contributed by atoms with Crippen molar-refractivity contribution in [2.75, 3.05) is 7.11 Å². The van der Waals surface area contributed by atoms with Crippen LogP contribution in [-0.4, -0.2) is 16.7 Å². The van der Waals surface area contributed by atoms with Crippen molar-refractivity contribution in [1.29, 1.82) is 0 Å². The van der Waals surface area contributed by atoms with E-state index in [-0.39, 0.29) is 5.56 Å². The van der Waals surface area contributed by atoms with E-state index in [0.29, 0.717) is 16.7 Å². The first-order chi connectivity index (χ1) is 13.3. The number of fused-ring (bicyclic) bond motifs is 1. The van der Waals surface area contributed by atoms with Gasteiger partial charge in [-0.1, -0.05) is 48.5 Å². The number of methoxy groups -OCH3 is 1. The second kappa shape index (κ2) is 7.30. The quantitative estimate of drug-likeness (QED) is 0.539. The van der Waals surface area contributed by atoms with Crippen LogP contribution in [0, 0.1) is 0 Å². The molecule has 0 amide bonds. The van der Waals surface area contributed by atoms with Crippen LogP contribution in [0.2, 0.25) is 0 Å². The number of para-hydroxylation sites is 1. The van der Waals surface area contributed by atoms with Gasteiger partial charge in [-0.25, -0.2) is 4.98 Å². The SMILES string of the molecule is COc1ccc(-n2c(C=Cc3ccccc3)nc3ccccc3c2=O)cc1. The number of ether oxygens (including phenoxy) is 1. The second-order valence-corrected chi connectivity index (χ2v) is 6.07. The van der Waals surface area contributed by atoms with E-state index in [2.05, 4.69) is 0 Å². The average Bonchev–Trinajstić information content (AvgIpc) is 2.73. The Hall–Kier alpha value is -3.66. The number of aromatic nitrogens is 2. The number of rotatable bonds is 4. The first kappa shape index (κ1) is 16.8. The van der Waals surface area contributed by atoms with Crippen LogP contribution >= 0.6 is 0 Å². The summed E-state index contributed by atoms with van der Waals surface area (Å²) in [4.78, 5) is 17.9. The van der Waals surface area contributed by atoms with E-state index in [0.717, 1.165) is 17.0 Å². The molecule has 0 spiro atoms. The van der Waals surface area contributed by atoms with Crippen molar-refractivity contribution in [3.05, 3.63) is 101 Å². The van der Waals surface area contributed by atoms with Crippen LogP contribution in [0.4, 0.5) is 0 Å². The summed E-state index contributed by atoms with van der Waals surface area (Å²) in [6, 6.07) is 24.7. The third kappa shape index (κ3) is 3.37. The summed E-state index contributed by atoms with van der Waals surface area (Å²) in [5, 5.41) is 0.588. The molecule has 0 saturated carbocycles. The van der Waals surface area contributed by atoms with Crippen molar-refractivity contribution in [2.45, 2.75) is 0 Å². The molecule has 1 aromatic heterocycles. The molecule has 3 aromatic carbocycles. The molecular weight excluding hydrogens is 336 g/mol. The first-order valence-electron chi connectivity index (χ1n) is 8.65. The van der Waals surface area contributed by atoms with Crippen LogP contribution < -0.4 is 10.3 Å². The first-order valence-corrected chi connectivity index (χ1v) is 8.65. The van der Waals surface area contributed by atoms with Crippen LogP contribution in [0.3, 0.4) is 0 Å². The summed E-state index contributed by atoms with van der Waals surface area (Å²) >= 11 is 0. The molecule has 0 aliphatic rings. The third-order valence-corrected chi connectivity index (χ3v) is 4.36. The molecule has 0 bridgehead atoms. The minimum Gasteiger partial charge on any atom is -0.497 e. The molecule has 0 radical (unpaired) electrons. The molecule has 132 valence electrons.